The molecule has 0 unspecified atom stereocenters. The minimum Gasteiger partial charge on any atom is -0.350 e. The molecule has 4 rings (SSSR count). The molecule has 0 radical (unpaired) electrons. The monoisotopic (exact) mass is 368 g/mol. The van der Waals surface area contributed by atoms with E-state index in [-0.39, 0.29) is 11.3 Å². The lowest BCUT2D eigenvalue weighted by Gasteiger charge is -2.20. The lowest BCUT2D eigenvalue weighted by molar-refractivity contribution is 0.0775. The summed E-state index contributed by atoms with van der Waals surface area (Å²) in [6.07, 6.45) is 5.98. The van der Waals surface area contributed by atoms with E-state index in [2.05, 4.69) is 39.1 Å². The van der Waals surface area contributed by atoms with E-state index >= 15 is 0 Å². The van der Waals surface area contributed by atoms with Gasteiger partial charge in [0.05, 0.1) is 10.2 Å². The number of carbonyl (C=O) groups is 1. The number of thiophene rings is 1. The maximum atomic E-state index is 13.1. The Balaban J connectivity index is 1.61. The number of aromatic nitrogens is 4. The minimum absolute atomic E-state index is 0.0171. The highest BCUT2D eigenvalue weighted by Gasteiger charge is 2.34. The van der Waals surface area contributed by atoms with Crippen LogP contribution in [0.15, 0.2) is 30.2 Å². The molecule has 1 fully saturated rings. The standard InChI is InChI=1S/C18H20N6OS/c1-18(2)4-5-24(10-18)16(25)14-15-13(3-6-26-15)22-17(23-14)21-9-12-7-19-11-20-8-12/h3,6-8,11H,4-5,9-10H2,1-2H3,(H,21,22,23). The second-order valence-electron chi connectivity index (χ2n) is 7.27. The van der Waals surface area contributed by atoms with Crippen molar-refractivity contribution in [3.05, 3.63) is 41.4 Å². The molecular weight excluding hydrogens is 348 g/mol. The van der Waals surface area contributed by atoms with E-state index in [9.17, 15) is 4.79 Å². The van der Waals surface area contributed by atoms with E-state index in [1.807, 2.05) is 16.3 Å². The van der Waals surface area contributed by atoms with Gasteiger partial charge in [-0.1, -0.05) is 13.8 Å². The van der Waals surface area contributed by atoms with Gasteiger partial charge in [0.25, 0.3) is 5.91 Å². The molecule has 0 aromatic carbocycles. The third-order valence-corrected chi connectivity index (χ3v) is 5.45. The van der Waals surface area contributed by atoms with Crippen LogP contribution in [-0.4, -0.2) is 43.8 Å². The van der Waals surface area contributed by atoms with E-state index in [0.717, 1.165) is 35.3 Å². The summed E-state index contributed by atoms with van der Waals surface area (Å²) < 4.78 is 0.841. The van der Waals surface area contributed by atoms with Gasteiger partial charge in [-0.3, -0.25) is 4.79 Å². The van der Waals surface area contributed by atoms with Crippen LogP contribution < -0.4 is 5.32 Å². The third-order valence-electron chi connectivity index (χ3n) is 4.54. The van der Waals surface area contributed by atoms with Gasteiger partial charge >= 0.3 is 0 Å². The third kappa shape index (κ3) is 3.37. The Labute approximate surface area is 155 Å². The minimum atomic E-state index is -0.0171. The summed E-state index contributed by atoms with van der Waals surface area (Å²) in [4.78, 5) is 32.0. The molecule has 0 atom stereocenters. The van der Waals surface area contributed by atoms with Crippen LogP contribution in [-0.2, 0) is 6.54 Å². The Morgan fingerprint density at radius 1 is 1.31 bits per heavy atom. The molecular formula is C18H20N6OS. The molecule has 0 spiro atoms. The van der Waals surface area contributed by atoms with Crippen molar-refractivity contribution in [2.45, 2.75) is 26.8 Å². The Bertz CT molecular complexity index is 939. The summed E-state index contributed by atoms with van der Waals surface area (Å²) in [6.45, 7) is 6.41. The van der Waals surface area contributed by atoms with Gasteiger partial charge in [0, 0.05) is 37.6 Å². The highest BCUT2D eigenvalue weighted by atomic mass is 32.1. The van der Waals surface area contributed by atoms with Gasteiger partial charge in [-0.05, 0) is 23.3 Å². The van der Waals surface area contributed by atoms with Crippen LogP contribution in [0.4, 0.5) is 5.95 Å². The molecule has 134 valence electrons. The zero-order chi connectivity index (χ0) is 18.1. The van der Waals surface area contributed by atoms with Gasteiger partial charge in [-0.15, -0.1) is 11.3 Å². The molecule has 1 aliphatic heterocycles. The number of hydrogen-bond acceptors (Lipinski definition) is 7. The first-order chi connectivity index (χ1) is 12.5. The molecule has 1 amide bonds. The summed E-state index contributed by atoms with van der Waals surface area (Å²) >= 11 is 1.50. The van der Waals surface area contributed by atoms with Crippen molar-refractivity contribution < 1.29 is 4.79 Å². The lowest BCUT2D eigenvalue weighted by atomic mass is 9.93. The lowest BCUT2D eigenvalue weighted by Crippen LogP contribution is -2.31. The van der Waals surface area contributed by atoms with E-state index in [1.54, 1.807) is 12.4 Å². The number of fused-ring (bicyclic) bond motifs is 1. The maximum Gasteiger partial charge on any atom is 0.274 e. The van der Waals surface area contributed by atoms with Gasteiger partial charge in [0.15, 0.2) is 5.69 Å². The summed E-state index contributed by atoms with van der Waals surface area (Å²) in [6, 6.07) is 1.92. The first-order valence-corrected chi connectivity index (χ1v) is 9.42. The van der Waals surface area contributed by atoms with Crippen molar-refractivity contribution in [1.29, 1.82) is 0 Å². The van der Waals surface area contributed by atoms with E-state index in [4.69, 9.17) is 0 Å². The number of anilines is 1. The zero-order valence-electron chi connectivity index (χ0n) is 14.8. The van der Waals surface area contributed by atoms with Crippen molar-refractivity contribution in [3.63, 3.8) is 0 Å². The highest BCUT2D eigenvalue weighted by molar-refractivity contribution is 7.17. The quantitative estimate of drug-likeness (QED) is 0.762. The molecule has 8 heteroatoms. The van der Waals surface area contributed by atoms with Crippen molar-refractivity contribution >= 4 is 33.4 Å². The van der Waals surface area contributed by atoms with Gasteiger partial charge < -0.3 is 10.2 Å². The van der Waals surface area contributed by atoms with Crippen LogP contribution in [0, 0.1) is 5.41 Å². The highest BCUT2D eigenvalue weighted by Crippen LogP contribution is 2.31. The van der Waals surface area contributed by atoms with Crippen LogP contribution in [0.3, 0.4) is 0 Å². The fraction of sp³-hybridized carbons (Fsp3) is 0.389. The first-order valence-electron chi connectivity index (χ1n) is 8.54. The van der Waals surface area contributed by atoms with Crippen molar-refractivity contribution in [1.82, 2.24) is 24.8 Å². The Kier molecular flexibility index (Phi) is 4.28. The molecule has 0 saturated carbocycles. The second kappa shape index (κ2) is 6.60. The van der Waals surface area contributed by atoms with Gasteiger partial charge in [0.2, 0.25) is 5.95 Å². The fourth-order valence-corrected chi connectivity index (χ4v) is 3.94. The predicted molar refractivity (Wildman–Crippen MR) is 101 cm³/mol. The number of likely N-dealkylation sites (tertiary alicyclic amines) is 1. The van der Waals surface area contributed by atoms with Gasteiger partial charge in [-0.2, -0.15) is 0 Å². The molecule has 0 aliphatic carbocycles. The second-order valence-corrected chi connectivity index (χ2v) is 8.19. The van der Waals surface area contributed by atoms with E-state index in [1.165, 1.54) is 17.7 Å². The molecule has 4 heterocycles. The van der Waals surface area contributed by atoms with Crippen molar-refractivity contribution in [2.75, 3.05) is 18.4 Å². The van der Waals surface area contributed by atoms with Gasteiger partial charge in [0.1, 0.15) is 6.33 Å². The number of amides is 1. The molecule has 1 aliphatic rings. The first kappa shape index (κ1) is 16.8. The average Bonchev–Trinajstić information content (AvgIpc) is 3.25. The molecule has 1 saturated heterocycles. The molecule has 7 nitrogen and oxygen atoms in total. The summed E-state index contributed by atoms with van der Waals surface area (Å²) in [5.74, 6) is 0.429. The fourth-order valence-electron chi connectivity index (χ4n) is 3.13. The molecule has 0 bridgehead atoms. The Morgan fingerprint density at radius 2 is 2.12 bits per heavy atom. The maximum absolute atomic E-state index is 13.1. The molecule has 3 aromatic heterocycles. The molecule has 3 aromatic rings. The van der Waals surface area contributed by atoms with E-state index < -0.39 is 0 Å². The molecule has 1 N–H and O–H groups in total. The predicted octanol–water partition coefficient (Wildman–Crippen LogP) is 2.97. The smallest absolute Gasteiger partial charge is 0.274 e. The zero-order valence-corrected chi connectivity index (χ0v) is 15.6. The number of hydrogen-bond donors (Lipinski definition) is 1. The Morgan fingerprint density at radius 3 is 2.85 bits per heavy atom. The van der Waals surface area contributed by atoms with Crippen LogP contribution in [0.2, 0.25) is 0 Å². The SMILES string of the molecule is CC1(C)CCN(C(=O)c2nc(NCc3cncnc3)nc3ccsc23)C1. The van der Waals surface area contributed by atoms with Gasteiger partial charge in [-0.25, -0.2) is 19.9 Å². The van der Waals surface area contributed by atoms with E-state index in [0.29, 0.717) is 18.2 Å². The topological polar surface area (TPSA) is 83.9 Å². The van der Waals surface area contributed by atoms with Crippen LogP contribution in [0.1, 0.15) is 36.3 Å². The number of nitrogens with zero attached hydrogens (tertiary/aromatic N) is 5. The summed E-state index contributed by atoms with van der Waals surface area (Å²) in [7, 11) is 0. The number of nitrogens with one attached hydrogen (secondary N) is 1. The summed E-state index contributed by atoms with van der Waals surface area (Å²) in [5.41, 5.74) is 2.36. The van der Waals surface area contributed by atoms with Crippen molar-refractivity contribution in [2.24, 2.45) is 5.41 Å². The Hall–Kier alpha value is -2.61. The average molecular weight is 368 g/mol. The largest absolute Gasteiger partial charge is 0.350 e. The number of carbonyl (C=O) groups excluding carboxylic acids is 1. The van der Waals surface area contributed by atoms with Crippen LogP contribution in [0.5, 0.6) is 0 Å². The normalized spacial score (nSPS) is 16.2. The summed E-state index contributed by atoms with van der Waals surface area (Å²) in [5, 5.41) is 5.12. The van der Waals surface area contributed by atoms with Crippen LogP contribution >= 0.6 is 11.3 Å². The molecule has 26 heavy (non-hydrogen) atoms. The number of rotatable bonds is 4. The van der Waals surface area contributed by atoms with Crippen LogP contribution in [0.25, 0.3) is 10.2 Å². The van der Waals surface area contributed by atoms with Crippen molar-refractivity contribution in [3.8, 4) is 0 Å².